The number of nitrogens with one attached hydrogen (secondary N) is 1. The summed E-state index contributed by atoms with van der Waals surface area (Å²) < 4.78 is 31.2. The highest BCUT2D eigenvalue weighted by Gasteiger charge is 2.24. The Balaban J connectivity index is 1.92. The second kappa shape index (κ2) is 6.73. The summed E-state index contributed by atoms with van der Waals surface area (Å²) in [4.78, 5) is 24.8. The molecule has 0 fully saturated rings. The number of sulfonamides is 1. The lowest BCUT2D eigenvalue weighted by Crippen LogP contribution is -2.38. The molecular weight excluding hydrogens is 310 g/mol. The summed E-state index contributed by atoms with van der Waals surface area (Å²) in [5.41, 5.74) is 0.377. The van der Waals surface area contributed by atoms with Crippen molar-refractivity contribution in [1.29, 1.82) is 0 Å². The Morgan fingerprint density at radius 1 is 1.41 bits per heavy atom. The van der Waals surface area contributed by atoms with E-state index in [1.54, 1.807) is 18.0 Å². The number of rotatable bonds is 5. The maximum Gasteiger partial charge on any atom is 0.307 e. The number of carbonyl (C=O) groups excluding carboxylic acids is 2. The van der Waals surface area contributed by atoms with Crippen molar-refractivity contribution in [3.63, 3.8) is 0 Å². The standard InChI is InChI=1S/C13H17N3O5S/c1-2-21-12(17)5-6-14-13(18)10-3-4-11-15-22(19,20)8-7-16(11)9-10/h3-4,9H,2,5-8H2,1H3,(H,14,18). The van der Waals surface area contributed by atoms with Gasteiger partial charge in [0.25, 0.3) is 15.9 Å². The second-order valence-corrected chi connectivity index (χ2v) is 6.41. The quantitative estimate of drug-likeness (QED) is 0.686. The van der Waals surface area contributed by atoms with Crippen LogP contribution in [-0.2, 0) is 24.3 Å². The highest BCUT2D eigenvalue weighted by atomic mass is 32.2. The van der Waals surface area contributed by atoms with Gasteiger partial charge in [0.2, 0.25) is 0 Å². The minimum atomic E-state index is -3.41. The smallest absolute Gasteiger partial charge is 0.307 e. The molecular formula is C13H17N3O5S. The molecule has 0 spiro atoms. The van der Waals surface area contributed by atoms with Crippen molar-refractivity contribution in [2.24, 2.45) is 4.40 Å². The molecule has 0 bridgehead atoms. The van der Waals surface area contributed by atoms with E-state index in [4.69, 9.17) is 4.74 Å². The summed E-state index contributed by atoms with van der Waals surface area (Å²) in [6, 6.07) is 0. The van der Waals surface area contributed by atoms with Gasteiger partial charge in [0, 0.05) is 19.3 Å². The van der Waals surface area contributed by atoms with Crippen molar-refractivity contribution in [2.45, 2.75) is 13.3 Å². The number of nitrogens with zero attached hydrogens (tertiary/aromatic N) is 2. The van der Waals surface area contributed by atoms with Gasteiger partial charge in [-0.25, -0.2) is 8.42 Å². The highest BCUT2D eigenvalue weighted by molar-refractivity contribution is 7.90. The molecule has 2 aliphatic heterocycles. The third kappa shape index (κ3) is 4.17. The van der Waals surface area contributed by atoms with Crippen molar-refractivity contribution in [1.82, 2.24) is 10.2 Å². The lowest BCUT2D eigenvalue weighted by Gasteiger charge is -2.26. The summed E-state index contributed by atoms with van der Waals surface area (Å²) in [5.74, 6) is -0.493. The molecule has 0 aromatic rings. The SMILES string of the molecule is CCOC(=O)CCNC(=O)C1=CN2CCS(=O)(=O)N=C2C=C1. The number of amidine groups is 1. The van der Waals surface area contributed by atoms with Crippen molar-refractivity contribution in [3.05, 3.63) is 23.9 Å². The van der Waals surface area contributed by atoms with E-state index in [2.05, 4.69) is 9.71 Å². The maximum atomic E-state index is 12.0. The topological polar surface area (TPSA) is 105 Å². The van der Waals surface area contributed by atoms with E-state index in [1.807, 2.05) is 0 Å². The van der Waals surface area contributed by atoms with Crippen LogP contribution in [-0.4, -0.2) is 56.5 Å². The van der Waals surface area contributed by atoms with Crippen molar-refractivity contribution in [2.75, 3.05) is 25.4 Å². The van der Waals surface area contributed by atoms with Crippen LogP contribution in [0.4, 0.5) is 0 Å². The van der Waals surface area contributed by atoms with Gasteiger partial charge in [-0.05, 0) is 19.1 Å². The van der Waals surface area contributed by atoms with Crippen LogP contribution in [0, 0.1) is 0 Å². The van der Waals surface area contributed by atoms with Crippen molar-refractivity contribution >= 4 is 27.7 Å². The molecule has 0 aromatic carbocycles. The van der Waals surface area contributed by atoms with Gasteiger partial charge in [-0.1, -0.05) is 0 Å². The van der Waals surface area contributed by atoms with E-state index in [-0.39, 0.29) is 37.1 Å². The Labute approximate surface area is 128 Å². The molecule has 0 atom stereocenters. The normalized spacial score (nSPS) is 18.9. The number of amides is 1. The summed E-state index contributed by atoms with van der Waals surface area (Å²) in [6.07, 6.45) is 4.63. The van der Waals surface area contributed by atoms with Gasteiger partial charge in [0.1, 0.15) is 5.84 Å². The summed E-state index contributed by atoms with van der Waals surface area (Å²) in [7, 11) is -3.41. The number of hydrogen-bond donors (Lipinski definition) is 1. The first-order valence-corrected chi connectivity index (χ1v) is 8.45. The third-order valence-electron chi connectivity index (χ3n) is 3.01. The van der Waals surface area contributed by atoms with Gasteiger partial charge in [-0.3, -0.25) is 9.59 Å². The largest absolute Gasteiger partial charge is 0.466 e. The highest BCUT2D eigenvalue weighted by Crippen LogP contribution is 2.15. The monoisotopic (exact) mass is 327 g/mol. The summed E-state index contributed by atoms with van der Waals surface area (Å²) >= 11 is 0. The Kier molecular flexibility index (Phi) is 4.96. The van der Waals surface area contributed by atoms with E-state index < -0.39 is 10.0 Å². The van der Waals surface area contributed by atoms with E-state index in [9.17, 15) is 18.0 Å². The van der Waals surface area contributed by atoms with Crippen molar-refractivity contribution < 1.29 is 22.7 Å². The van der Waals surface area contributed by atoms with Gasteiger partial charge >= 0.3 is 5.97 Å². The fraction of sp³-hybridized carbons (Fsp3) is 0.462. The van der Waals surface area contributed by atoms with Crippen LogP contribution in [0.25, 0.3) is 0 Å². The molecule has 0 radical (unpaired) electrons. The fourth-order valence-electron chi connectivity index (χ4n) is 1.95. The number of carbonyl (C=O) groups is 2. The van der Waals surface area contributed by atoms with Gasteiger partial charge in [-0.2, -0.15) is 0 Å². The van der Waals surface area contributed by atoms with E-state index in [1.165, 1.54) is 12.2 Å². The van der Waals surface area contributed by atoms with Gasteiger partial charge in [0.05, 0.1) is 24.4 Å². The van der Waals surface area contributed by atoms with Crippen molar-refractivity contribution in [3.8, 4) is 0 Å². The van der Waals surface area contributed by atoms with Crippen LogP contribution < -0.4 is 5.32 Å². The molecule has 2 rings (SSSR count). The van der Waals surface area contributed by atoms with Crippen LogP contribution in [0.5, 0.6) is 0 Å². The molecule has 2 aliphatic rings. The van der Waals surface area contributed by atoms with E-state index in [0.717, 1.165) is 0 Å². The predicted molar refractivity (Wildman–Crippen MR) is 79.4 cm³/mol. The molecule has 0 unspecified atom stereocenters. The zero-order chi connectivity index (χ0) is 16.2. The second-order valence-electron chi connectivity index (χ2n) is 4.66. The fourth-order valence-corrected chi connectivity index (χ4v) is 2.92. The van der Waals surface area contributed by atoms with E-state index >= 15 is 0 Å². The van der Waals surface area contributed by atoms with Crippen LogP contribution in [0.2, 0.25) is 0 Å². The maximum absolute atomic E-state index is 12.0. The molecule has 1 amide bonds. The predicted octanol–water partition coefficient (Wildman–Crippen LogP) is -0.447. The molecule has 0 saturated heterocycles. The molecule has 9 heteroatoms. The lowest BCUT2D eigenvalue weighted by atomic mass is 10.2. The zero-order valence-corrected chi connectivity index (χ0v) is 12.9. The number of esters is 1. The summed E-state index contributed by atoms with van der Waals surface area (Å²) in [5, 5.41) is 2.61. The Bertz CT molecular complexity index is 663. The Hall–Kier alpha value is -2.16. The molecule has 8 nitrogen and oxygen atoms in total. The van der Waals surface area contributed by atoms with Gasteiger partial charge in [0.15, 0.2) is 0 Å². The van der Waals surface area contributed by atoms with Crippen LogP contribution in [0.15, 0.2) is 28.3 Å². The Morgan fingerprint density at radius 3 is 2.91 bits per heavy atom. The van der Waals surface area contributed by atoms with Crippen LogP contribution in [0.1, 0.15) is 13.3 Å². The average Bonchev–Trinajstić information content (AvgIpc) is 2.46. The first-order valence-electron chi connectivity index (χ1n) is 6.84. The average molecular weight is 327 g/mol. The molecule has 0 saturated carbocycles. The van der Waals surface area contributed by atoms with E-state index in [0.29, 0.717) is 18.0 Å². The molecule has 2 heterocycles. The zero-order valence-electron chi connectivity index (χ0n) is 12.1. The first-order chi connectivity index (χ1) is 10.4. The third-order valence-corrected chi connectivity index (χ3v) is 4.17. The lowest BCUT2D eigenvalue weighted by molar-refractivity contribution is -0.142. The van der Waals surface area contributed by atoms with Gasteiger partial charge in [-0.15, -0.1) is 4.40 Å². The molecule has 120 valence electrons. The Morgan fingerprint density at radius 2 is 2.18 bits per heavy atom. The molecule has 22 heavy (non-hydrogen) atoms. The molecule has 0 aliphatic carbocycles. The summed E-state index contributed by atoms with van der Waals surface area (Å²) in [6.45, 7) is 2.45. The minimum Gasteiger partial charge on any atom is -0.466 e. The number of fused-ring (bicyclic) bond motifs is 1. The van der Waals surface area contributed by atoms with Gasteiger partial charge < -0.3 is 15.0 Å². The number of ether oxygens (including phenoxy) is 1. The number of hydrogen-bond acceptors (Lipinski definition) is 6. The first kappa shape index (κ1) is 16.2. The minimum absolute atomic E-state index is 0.0847. The van der Waals surface area contributed by atoms with Crippen LogP contribution >= 0.6 is 0 Å². The molecule has 1 N–H and O–H groups in total. The molecule has 0 aromatic heterocycles. The van der Waals surface area contributed by atoms with Crippen LogP contribution in [0.3, 0.4) is 0 Å².